The minimum atomic E-state index is -0.374. The first-order chi connectivity index (χ1) is 9.29. The SMILES string of the molecule is O=Cc1cn(-c2ccccc2F)nc1C1CCCO1. The fourth-order valence-electron chi connectivity index (χ4n) is 2.30. The first-order valence-electron chi connectivity index (χ1n) is 6.21. The molecule has 1 aliphatic heterocycles. The Morgan fingerprint density at radius 1 is 1.42 bits per heavy atom. The molecule has 98 valence electrons. The monoisotopic (exact) mass is 260 g/mol. The number of nitrogens with zero attached hydrogens (tertiary/aromatic N) is 2. The lowest BCUT2D eigenvalue weighted by atomic mass is 10.1. The molecular formula is C14H13FN2O2. The number of aromatic nitrogens is 2. The lowest BCUT2D eigenvalue weighted by molar-refractivity contribution is 0.104. The van der Waals surface area contributed by atoms with Crippen LogP contribution in [0.1, 0.15) is 35.0 Å². The zero-order valence-corrected chi connectivity index (χ0v) is 10.3. The molecule has 0 aliphatic carbocycles. The maximum atomic E-state index is 13.7. The van der Waals surface area contributed by atoms with Gasteiger partial charge in [-0.1, -0.05) is 12.1 Å². The highest BCUT2D eigenvalue weighted by Crippen LogP contribution is 2.29. The first kappa shape index (κ1) is 12.0. The molecule has 1 fully saturated rings. The van der Waals surface area contributed by atoms with Crippen molar-refractivity contribution < 1.29 is 13.9 Å². The summed E-state index contributed by atoms with van der Waals surface area (Å²) in [6, 6.07) is 6.33. The number of halogens is 1. The minimum Gasteiger partial charge on any atom is -0.372 e. The Balaban J connectivity index is 2.04. The van der Waals surface area contributed by atoms with Gasteiger partial charge in [0.2, 0.25) is 0 Å². The Kier molecular flexibility index (Phi) is 3.13. The third-order valence-corrected chi connectivity index (χ3v) is 3.23. The second-order valence-corrected chi connectivity index (χ2v) is 4.49. The van der Waals surface area contributed by atoms with Crippen molar-refractivity contribution in [3.8, 4) is 5.69 Å². The average Bonchev–Trinajstić information content (AvgIpc) is 3.08. The lowest BCUT2D eigenvalue weighted by Crippen LogP contribution is -2.02. The van der Waals surface area contributed by atoms with Gasteiger partial charge in [0, 0.05) is 12.8 Å². The van der Waals surface area contributed by atoms with E-state index in [0.29, 0.717) is 23.6 Å². The molecule has 0 spiro atoms. The van der Waals surface area contributed by atoms with Crippen LogP contribution >= 0.6 is 0 Å². The van der Waals surface area contributed by atoms with Gasteiger partial charge in [0.1, 0.15) is 23.3 Å². The van der Waals surface area contributed by atoms with E-state index >= 15 is 0 Å². The number of rotatable bonds is 3. The normalized spacial score (nSPS) is 18.7. The van der Waals surface area contributed by atoms with Crippen molar-refractivity contribution in [3.05, 3.63) is 47.5 Å². The van der Waals surface area contributed by atoms with Crippen molar-refractivity contribution in [1.82, 2.24) is 9.78 Å². The fraction of sp³-hybridized carbons (Fsp3) is 0.286. The summed E-state index contributed by atoms with van der Waals surface area (Å²) in [5, 5.41) is 4.31. The predicted octanol–water partition coefficient (Wildman–Crippen LogP) is 2.68. The molecule has 0 bridgehead atoms. The smallest absolute Gasteiger partial charge is 0.153 e. The van der Waals surface area contributed by atoms with Gasteiger partial charge in [0.15, 0.2) is 6.29 Å². The number of hydrogen-bond donors (Lipinski definition) is 0. The molecule has 4 nitrogen and oxygen atoms in total. The summed E-state index contributed by atoms with van der Waals surface area (Å²) in [5.74, 6) is -0.374. The highest BCUT2D eigenvalue weighted by Gasteiger charge is 2.24. The van der Waals surface area contributed by atoms with Crippen LogP contribution in [0.3, 0.4) is 0 Å². The van der Waals surface area contributed by atoms with Crippen LogP contribution < -0.4 is 0 Å². The van der Waals surface area contributed by atoms with Crippen LogP contribution in [0.5, 0.6) is 0 Å². The summed E-state index contributed by atoms with van der Waals surface area (Å²) < 4.78 is 20.6. The highest BCUT2D eigenvalue weighted by molar-refractivity contribution is 5.76. The summed E-state index contributed by atoms with van der Waals surface area (Å²) in [5.41, 5.74) is 1.38. The number of carbonyl (C=O) groups excluding carboxylic acids is 1. The van der Waals surface area contributed by atoms with E-state index in [9.17, 15) is 9.18 Å². The molecule has 1 saturated heterocycles. The minimum absolute atomic E-state index is 0.159. The molecule has 0 saturated carbocycles. The third kappa shape index (κ3) is 2.17. The van der Waals surface area contributed by atoms with Crippen LogP contribution in [0.15, 0.2) is 30.5 Å². The average molecular weight is 260 g/mol. The molecular weight excluding hydrogens is 247 g/mol. The molecule has 1 atom stereocenters. The van der Waals surface area contributed by atoms with Gasteiger partial charge in [-0.25, -0.2) is 9.07 Å². The molecule has 0 N–H and O–H groups in total. The van der Waals surface area contributed by atoms with Gasteiger partial charge >= 0.3 is 0 Å². The second kappa shape index (κ2) is 4.93. The van der Waals surface area contributed by atoms with Crippen molar-refractivity contribution >= 4 is 6.29 Å². The van der Waals surface area contributed by atoms with E-state index in [0.717, 1.165) is 19.1 Å². The van der Waals surface area contributed by atoms with E-state index in [-0.39, 0.29) is 11.9 Å². The highest BCUT2D eigenvalue weighted by atomic mass is 19.1. The molecule has 1 unspecified atom stereocenters. The van der Waals surface area contributed by atoms with E-state index < -0.39 is 0 Å². The fourth-order valence-corrected chi connectivity index (χ4v) is 2.30. The zero-order valence-electron chi connectivity index (χ0n) is 10.3. The van der Waals surface area contributed by atoms with Gasteiger partial charge in [0.25, 0.3) is 0 Å². The number of aldehydes is 1. The number of para-hydroxylation sites is 1. The molecule has 0 radical (unpaired) electrons. The number of carbonyl (C=O) groups is 1. The van der Waals surface area contributed by atoms with Crippen LogP contribution in [0, 0.1) is 5.82 Å². The van der Waals surface area contributed by atoms with E-state index in [1.54, 1.807) is 24.4 Å². The van der Waals surface area contributed by atoms with Crippen molar-refractivity contribution in [2.45, 2.75) is 18.9 Å². The predicted molar refractivity (Wildman–Crippen MR) is 66.8 cm³/mol. The topological polar surface area (TPSA) is 44.1 Å². The summed E-state index contributed by atoms with van der Waals surface area (Å²) in [7, 11) is 0. The summed E-state index contributed by atoms with van der Waals surface area (Å²) >= 11 is 0. The zero-order chi connectivity index (χ0) is 13.2. The maximum absolute atomic E-state index is 13.7. The Hall–Kier alpha value is -2.01. The number of benzene rings is 1. The summed E-state index contributed by atoms with van der Waals surface area (Å²) in [6.45, 7) is 0.676. The molecule has 0 amide bonds. The van der Waals surface area contributed by atoms with Crippen molar-refractivity contribution in [3.63, 3.8) is 0 Å². The van der Waals surface area contributed by atoms with Gasteiger partial charge < -0.3 is 4.74 Å². The Labute approximate surface area is 109 Å². The van der Waals surface area contributed by atoms with Crippen LogP contribution in [0.25, 0.3) is 5.69 Å². The second-order valence-electron chi connectivity index (χ2n) is 4.49. The van der Waals surface area contributed by atoms with Crippen LogP contribution in [-0.2, 0) is 4.74 Å². The van der Waals surface area contributed by atoms with E-state index in [4.69, 9.17) is 4.74 Å². The van der Waals surface area contributed by atoms with Crippen molar-refractivity contribution in [2.75, 3.05) is 6.61 Å². The summed E-state index contributed by atoms with van der Waals surface area (Å²) in [6.07, 6.45) is 3.92. The van der Waals surface area contributed by atoms with E-state index in [1.807, 2.05) is 0 Å². The molecule has 1 aromatic carbocycles. The van der Waals surface area contributed by atoms with Crippen molar-refractivity contribution in [1.29, 1.82) is 0 Å². The molecule has 3 rings (SSSR count). The lowest BCUT2D eigenvalue weighted by Gasteiger charge is -2.06. The quantitative estimate of drug-likeness (QED) is 0.797. The van der Waals surface area contributed by atoms with Gasteiger partial charge in [-0.15, -0.1) is 0 Å². The van der Waals surface area contributed by atoms with Gasteiger partial charge in [-0.2, -0.15) is 5.10 Å². The summed E-state index contributed by atoms with van der Waals surface area (Å²) in [4.78, 5) is 11.1. The maximum Gasteiger partial charge on any atom is 0.153 e. The van der Waals surface area contributed by atoms with Crippen LogP contribution in [-0.4, -0.2) is 22.7 Å². The molecule has 1 aliphatic rings. The Bertz CT molecular complexity index is 603. The largest absolute Gasteiger partial charge is 0.372 e. The van der Waals surface area contributed by atoms with E-state index in [1.165, 1.54) is 10.7 Å². The third-order valence-electron chi connectivity index (χ3n) is 3.23. The molecule has 2 aromatic rings. The Morgan fingerprint density at radius 3 is 2.95 bits per heavy atom. The van der Waals surface area contributed by atoms with Gasteiger partial charge in [-0.05, 0) is 25.0 Å². The van der Waals surface area contributed by atoms with Crippen LogP contribution in [0.2, 0.25) is 0 Å². The molecule has 2 heterocycles. The molecule has 1 aromatic heterocycles. The van der Waals surface area contributed by atoms with E-state index in [2.05, 4.69) is 5.10 Å². The Morgan fingerprint density at radius 2 is 2.26 bits per heavy atom. The standard InChI is InChI=1S/C14H13FN2O2/c15-11-4-1-2-5-12(11)17-8-10(9-18)14(16-17)13-6-3-7-19-13/h1-2,4-5,8-9,13H,3,6-7H2. The number of hydrogen-bond acceptors (Lipinski definition) is 3. The molecule has 5 heteroatoms. The van der Waals surface area contributed by atoms with Gasteiger partial charge in [0.05, 0.1) is 5.56 Å². The van der Waals surface area contributed by atoms with Gasteiger partial charge in [-0.3, -0.25) is 4.79 Å². The number of ether oxygens (including phenoxy) is 1. The first-order valence-corrected chi connectivity index (χ1v) is 6.21. The van der Waals surface area contributed by atoms with Crippen LogP contribution in [0.4, 0.5) is 4.39 Å². The molecule has 19 heavy (non-hydrogen) atoms. The van der Waals surface area contributed by atoms with Crippen molar-refractivity contribution in [2.24, 2.45) is 0 Å².